The molecule has 1 aromatic carbocycles. The van der Waals surface area contributed by atoms with Gasteiger partial charge in [-0.05, 0) is 44.9 Å². The molecular weight excluding hydrogens is 423 g/mol. The molecule has 1 unspecified atom stereocenters. The van der Waals surface area contributed by atoms with Gasteiger partial charge in [-0.1, -0.05) is 18.2 Å². The van der Waals surface area contributed by atoms with Crippen LogP contribution >= 0.6 is 0 Å². The summed E-state index contributed by atoms with van der Waals surface area (Å²) < 4.78 is 45.8. The Balaban J connectivity index is 1.51. The first-order valence-corrected chi connectivity index (χ1v) is 10.1. The van der Waals surface area contributed by atoms with Crippen molar-refractivity contribution in [2.75, 3.05) is 7.05 Å². The number of hydrogen-bond acceptors (Lipinski definition) is 5. The molecule has 0 spiro atoms. The van der Waals surface area contributed by atoms with Crippen LogP contribution in [-0.2, 0) is 17.4 Å². The van der Waals surface area contributed by atoms with Gasteiger partial charge < -0.3 is 9.32 Å². The maximum Gasteiger partial charge on any atom is 0.453 e. The third-order valence-corrected chi connectivity index (χ3v) is 5.72. The number of amides is 1. The molecule has 1 amide bonds. The minimum atomic E-state index is -4.65. The molecule has 0 bridgehead atoms. The van der Waals surface area contributed by atoms with Crippen molar-refractivity contribution in [2.24, 2.45) is 0 Å². The van der Waals surface area contributed by atoms with Gasteiger partial charge in [0, 0.05) is 30.2 Å². The van der Waals surface area contributed by atoms with E-state index >= 15 is 0 Å². The molecule has 0 saturated heterocycles. The van der Waals surface area contributed by atoms with Crippen LogP contribution in [0.3, 0.4) is 0 Å². The number of carbonyl (C=O) groups excluding carboxylic acids is 1. The number of aromatic nitrogens is 4. The summed E-state index contributed by atoms with van der Waals surface area (Å²) in [6.45, 7) is 5.22. The zero-order valence-electron chi connectivity index (χ0n) is 18.1. The average Bonchev–Trinajstić information content (AvgIpc) is 3.36. The van der Waals surface area contributed by atoms with Crippen molar-refractivity contribution >= 4 is 22.7 Å². The second kappa shape index (κ2) is 7.92. The van der Waals surface area contributed by atoms with Crippen LogP contribution in [0.4, 0.5) is 13.2 Å². The summed E-state index contributed by atoms with van der Waals surface area (Å²) >= 11 is 0. The number of nitrogens with zero attached hydrogens (tertiary/aromatic N) is 5. The number of carbonyl (C=O) groups is 1. The highest BCUT2D eigenvalue weighted by Gasteiger charge is 2.37. The van der Waals surface area contributed by atoms with Gasteiger partial charge in [0.05, 0.1) is 6.04 Å². The van der Waals surface area contributed by atoms with Crippen LogP contribution in [0.2, 0.25) is 0 Å². The van der Waals surface area contributed by atoms with Gasteiger partial charge >= 0.3 is 6.18 Å². The van der Waals surface area contributed by atoms with Crippen molar-refractivity contribution in [1.82, 2.24) is 24.5 Å². The monoisotopic (exact) mass is 445 g/mol. The Morgan fingerprint density at radius 3 is 2.62 bits per heavy atom. The lowest BCUT2D eigenvalue weighted by molar-refractivity contribution is -0.144. The number of aryl methyl sites for hydroxylation is 2. The van der Waals surface area contributed by atoms with Crippen molar-refractivity contribution in [2.45, 2.75) is 45.8 Å². The van der Waals surface area contributed by atoms with Gasteiger partial charge in [-0.2, -0.15) is 18.2 Å². The fraction of sp³-hybridized carbons (Fsp3) is 0.364. The number of benzene rings is 1. The van der Waals surface area contributed by atoms with Crippen LogP contribution in [0.25, 0.3) is 16.7 Å². The molecule has 1 atom stereocenters. The summed E-state index contributed by atoms with van der Waals surface area (Å²) in [5.74, 6) is -0.788. The van der Waals surface area contributed by atoms with Gasteiger partial charge in [0.25, 0.3) is 11.6 Å². The number of halogens is 3. The quantitative estimate of drug-likeness (QED) is 0.447. The molecule has 10 heteroatoms. The Bertz CT molecular complexity index is 1280. The second-order valence-corrected chi connectivity index (χ2v) is 7.77. The van der Waals surface area contributed by atoms with E-state index in [-0.39, 0.29) is 24.1 Å². The minimum Gasteiger partial charge on any atom is -0.459 e. The fourth-order valence-electron chi connectivity index (χ4n) is 3.71. The molecule has 0 radical (unpaired) electrons. The molecule has 168 valence electrons. The number of furan rings is 1. The van der Waals surface area contributed by atoms with E-state index < -0.39 is 12.0 Å². The van der Waals surface area contributed by atoms with Crippen LogP contribution < -0.4 is 0 Å². The number of rotatable bonds is 5. The highest BCUT2D eigenvalue weighted by atomic mass is 19.4. The van der Waals surface area contributed by atoms with Crippen molar-refractivity contribution < 1.29 is 22.4 Å². The normalized spacial score (nSPS) is 13.1. The molecule has 4 rings (SSSR count). The van der Waals surface area contributed by atoms with Crippen molar-refractivity contribution in [1.29, 1.82) is 0 Å². The standard InChI is InChI=1S/C22H22F3N5O2/c1-12-16(13(2)30-21(26-12)27-20(28-30)22(23,24)25)9-10-19(31)29(4)14(3)18-11-15-7-5-6-8-17(15)32-18/h5-8,11,14H,9-10H2,1-4H3. The van der Waals surface area contributed by atoms with E-state index in [1.165, 1.54) is 0 Å². The molecule has 0 aliphatic carbocycles. The molecule has 0 aliphatic heterocycles. The maximum absolute atomic E-state index is 13.0. The molecule has 4 aromatic rings. The van der Waals surface area contributed by atoms with Gasteiger partial charge in [0.2, 0.25) is 5.91 Å². The number of para-hydroxylation sites is 1. The van der Waals surface area contributed by atoms with Crippen LogP contribution in [0.5, 0.6) is 0 Å². The predicted octanol–water partition coefficient (Wildman–Crippen LogP) is 4.66. The molecule has 0 N–H and O–H groups in total. The van der Waals surface area contributed by atoms with Gasteiger partial charge in [-0.25, -0.2) is 9.50 Å². The largest absolute Gasteiger partial charge is 0.459 e. The Labute approximate surface area is 181 Å². The van der Waals surface area contributed by atoms with Gasteiger partial charge in [-0.15, -0.1) is 5.10 Å². The van der Waals surface area contributed by atoms with Gasteiger partial charge in [0.15, 0.2) is 0 Å². The zero-order chi connectivity index (χ0) is 23.2. The maximum atomic E-state index is 13.0. The molecule has 7 nitrogen and oxygen atoms in total. The van der Waals surface area contributed by atoms with Crippen molar-refractivity contribution in [3.63, 3.8) is 0 Å². The molecule has 32 heavy (non-hydrogen) atoms. The lowest BCUT2D eigenvalue weighted by Crippen LogP contribution is -2.29. The van der Waals surface area contributed by atoms with E-state index in [2.05, 4.69) is 15.1 Å². The Morgan fingerprint density at radius 2 is 1.94 bits per heavy atom. The lowest BCUT2D eigenvalue weighted by atomic mass is 10.1. The summed E-state index contributed by atoms with van der Waals surface area (Å²) in [6, 6.07) is 9.26. The zero-order valence-corrected chi connectivity index (χ0v) is 18.1. The summed E-state index contributed by atoms with van der Waals surface area (Å²) in [4.78, 5) is 22.1. The van der Waals surface area contributed by atoms with Crippen molar-refractivity contribution in [3.05, 3.63) is 58.9 Å². The predicted molar refractivity (Wildman–Crippen MR) is 111 cm³/mol. The van der Waals surface area contributed by atoms with E-state index in [4.69, 9.17) is 4.42 Å². The second-order valence-electron chi connectivity index (χ2n) is 7.77. The first kappa shape index (κ1) is 21.8. The highest BCUT2D eigenvalue weighted by Crippen LogP contribution is 2.29. The van der Waals surface area contributed by atoms with Crippen LogP contribution in [0, 0.1) is 13.8 Å². The van der Waals surface area contributed by atoms with Crippen LogP contribution in [0.1, 0.15) is 47.9 Å². The average molecular weight is 445 g/mol. The van der Waals surface area contributed by atoms with E-state index in [1.54, 1.807) is 25.8 Å². The number of fused-ring (bicyclic) bond motifs is 2. The highest BCUT2D eigenvalue weighted by molar-refractivity contribution is 5.79. The third kappa shape index (κ3) is 3.92. The van der Waals surface area contributed by atoms with Crippen molar-refractivity contribution in [3.8, 4) is 0 Å². The first-order chi connectivity index (χ1) is 15.1. The van der Waals surface area contributed by atoms with Gasteiger partial charge in [0.1, 0.15) is 11.3 Å². The SMILES string of the molecule is Cc1nc2nc(C(F)(F)F)nn2c(C)c1CCC(=O)N(C)C(C)c1cc2ccccc2o1. The van der Waals surface area contributed by atoms with E-state index in [0.717, 1.165) is 15.5 Å². The summed E-state index contributed by atoms with van der Waals surface area (Å²) in [7, 11) is 1.70. The Hall–Kier alpha value is -3.43. The minimum absolute atomic E-state index is 0.113. The van der Waals surface area contributed by atoms with Crippen LogP contribution in [0.15, 0.2) is 34.7 Å². The van der Waals surface area contributed by atoms with Crippen LogP contribution in [-0.4, -0.2) is 37.4 Å². The van der Waals surface area contributed by atoms with E-state index in [9.17, 15) is 18.0 Å². The molecule has 3 heterocycles. The fourth-order valence-corrected chi connectivity index (χ4v) is 3.71. The summed E-state index contributed by atoms with van der Waals surface area (Å²) in [6.07, 6.45) is -4.17. The lowest BCUT2D eigenvalue weighted by Gasteiger charge is -2.23. The number of alkyl halides is 3. The molecular formula is C22H22F3N5O2. The molecule has 0 fully saturated rings. The Morgan fingerprint density at radius 1 is 1.22 bits per heavy atom. The topological polar surface area (TPSA) is 76.5 Å². The molecule has 3 aromatic heterocycles. The summed E-state index contributed by atoms with van der Waals surface area (Å²) in [5, 5.41) is 4.51. The Kier molecular flexibility index (Phi) is 5.39. The van der Waals surface area contributed by atoms with E-state index in [1.807, 2.05) is 37.3 Å². The first-order valence-electron chi connectivity index (χ1n) is 10.1. The molecule has 0 aliphatic rings. The third-order valence-electron chi connectivity index (χ3n) is 5.72. The number of hydrogen-bond donors (Lipinski definition) is 0. The molecule has 0 saturated carbocycles. The van der Waals surface area contributed by atoms with Gasteiger partial charge in [-0.3, -0.25) is 4.79 Å². The smallest absolute Gasteiger partial charge is 0.453 e. The van der Waals surface area contributed by atoms with E-state index in [0.29, 0.717) is 29.1 Å². The summed E-state index contributed by atoms with van der Waals surface area (Å²) in [5.41, 5.74) is 2.44.